The average molecular weight is 419 g/mol. The van der Waals surface area contributed by atoms with Crippen LogP contribution in [0.5, 0.6) is 0 Å². The normalized spacial score (nSPS) is 37.8. The first-order valence-corrected chi connectivity index (χ1v) is 12.9. The number of Topliss-reactive ketones (excluding diaryl/α,β-unsaturated/α-hetero) is 1. The Hall–Kier alpha value is 0.287. The molecule has 0 unspecified atom stereocenters. The van der Waals surface area contributed by atoms with Crippen molar-refractivity contribution in [3.63, 3.8) is 0 Å². The van der Waals surface area contributed by atoms with Crippen molar-refractivity contribution >= 4 is 30.0 Å². The Labute approximate surface area is 157 Å². The van der Waals surface area contributed by atoms with Crippen molar-refractivity contribution in [3.8, 4) is 0 Å². The molecule has 0 aromatic carbocycles. The maximum atomic E-state index is 12.9. The Morgan fingerprint density at radius 3 is 2.17 bits per heavy atom. The highest BCUT2D eigenvalue weighted by Crippen LogP contribution is 2.55. The van der Waals surface area contributed by atoms with Crippen molar-refractivity contribution in [2.75, 3.05) is 0 Å². The van der Waals surface area contributed by atoms with E-state index in [1.54, 1.807) is 0 Å². The lowest BCUT2D eigenvalue weighted by molar-refractivity contribution is -0.185. The van der Waals surface area contributed by atoms with Gasteiger partial charge in [0.1, 0.15) is 0 Å². The van der Waals surface area contributed by atoms with E-state index in [0.29, 0.717) is 5.78 Å². The summed E-state index contributed by atoms with van der Waals surface area (Å²) in [5.74, 6) is 0.263. The van der Waals surface area contributed by atoms with Gasteiger partial charge in [0, 0.05) is 11.3 Å². The number of halogens is 1. The Bertz CT molecular complexity index is 506. The summed E-state index contributed by atoms with van der Waals surface area (Å²) in [7, 11) is -1.89. The molecule has 0 heterocycles. The van der Waals surface area contributed by atoms with Crippen molar-refractivity contribution in [2.45, 2.75) is 102 Å². The van der Waals surface area contributed by atoms with E-state index in [1.165, 1.54) is 0 Å². The molecule has 3 rings (SSSR count). The highest BCUT2D eigenvalue weighted by atomic mass is 79.9. The van der Waals surface area contributed by atoms with Gasteiger partial charge in [-0.2, -0.15) is 0 Å². The van der Waals surface area contributed by atoms with E-state index in [2.05, 4.69) is 77.5 Å². The van der Waals surface area contributed by atoms with Gasteiger partial charge in [-0.05, 0) is 51.7 Å². The second kappa shape index (κ2) is 6.17. The molecule has 3 aliphatic rings. The molecule has 3 nitrogen and oxygen atoms in total. The van der Waals surface area contributed by atoms with Gasteiger partial charge in [0.05, 0.1) is 22.6 Å². The van der Waals surface area contributed by atoms with Gasteiger partial charge in [0.25, 0.3) is 0 Å². The molecular formula is C19H35BrO3Si. The first-order chi connectivity index (χ1) is 10.6. The highest BCUT2D eigenvalue weighted by molar-refractivity contribution is 9.10. The van der Waals surface area contributed by atoms with Crippen molar-refractivity contribution in [1.82, 2.24) is 0 Å². The summed E-state index contributed by atoms with van der Waals surface area (Å²) >= 11 is 3.69. The number of rotatable bonds is 3. The van der Waals surface area contributed by atoms with Gasteiger partial charge in [-0.25, -0.2) is 0 Å². The van der Waals surface area contributed by atoms with Crippen LogP contribution in [0.2, 0.25) is 18.1 Å². The van der Waals surface area contributed by atoms with Crippen LogP contribution in [0.4, 0.5) is 0 Å². The molecule has 0 aromatic rings. The fourth-order valence-corrected chi connectivity index (χ4v) is 5.91. The van der Waals surface area contributed by atoms with Crippen molar-refractivity contribution in [2.24, 2.45) is 11.3 Å². The molecule has 0 N–H and O–H groups in total. The SMILES string of the molecule is CC(C)(C)O[C@H]1C[C@H]2C(=O)[C@H](Br)[C@]1(C)C[C@@H]2O[Si](C)(C)C(C)(C)C. The van der Waals surface area contributed by atoms with Crippen LogP contribution in [0.1, 0.15) is 61.3 Å². The molecule has 0 saturated heterocycles. The third-order valence-electron chi connectivity index (χ3n) is 6.24. The monoisotopic (exact) mass is 418 g/mol. The van der Waals surface area contributed by atoms with Gasteiger partial charge in [-0.1, -0.05) is 43.6 Å². The van der Waals surface area contributed by atoms with Crippen LogP contribution in [0.25, 0.3) is 0 Å². The molecule has 5 atom stereocenters. The summed E-state index contributed by atoms with van der Waals surface area (Å²) in [4.78, 5) is 12.8. The number of ether oxygens (including phenoxy) is 1. The number of alkyl halides is 1. The second-order valence-corrected chi connectivity index (χ2v) is 16.1. The fraction of sp³-hybridized carbons (Fsp3) is 0.947. The minimum atomic E-state index is -1.89. The minimum absolute atomic E-state index is 0.0389. The molecule has 3 saturated carbocycles. The number of carbonyl (C=O) groups excluding carboxylic acids is 1. The Morgan fingerprint density at radius 2 is 1.71 bits per heavy atom. The Morgan fingerprint density at radius 1 is 1.17 bits per heavy atom. The summed E-state index contributed by atoms with van der Waals surface area (Å²) < 4.78 is 13.0. The number of fused-ring (bicyclic) bond motifs is 3. The van der Waals surface area contributed by atoms with Gasteiger partial charge in [0.15, 0.2) is 14.1 Å². The molecule has 0 aliphatic heterocycles. The summed E-state index contributed by atoms with van der Waals surface area (Å²) in [5.41, 5.74) is -0.400. The summed E-state index contributed by atoms with van der Waals surface area (Å²) in [5, 5.41) is 0.156. The molecule has 0 radical (unpaired) electrons. The van der Waals surface area contributed by atoms with Crippen LogP contribution in [0.15, 0.2) is 0 Å². The van der Waals surface area contributed by atoms with E-state index in [9.17, 15) is 4.79 Å². The van der Waals surface area contributed by atoms with Crippen LogP contribution in [0, 0.1) is 11.3 Å². The first-order valence-electron chi connectivity index (χ1n) is 9.12. The summed E-state index contributed by atoms with van der Waals surface area (Å²) in [6.45, 7) is 19.8. The van der Waals surface area contributed by atoms with Gasteiger partial charge in [0.2, 0.25) is 0 Å². The molecule has 0 spiro atoms. The molecular weight excluding hydrogens is 384 g/mol. The van der Waals surface area contributed by atoms with Crippen molar-refractivity contribution < 1.29 is 14.0 Å². The van der Waals surface area contributed by atoms with Crippen LogP contribution in [-0.4, -0.2) is 36.7 Å². The zero-order valence-corrected chi connectivity index (χ0v) is 19.4. The highest BCUT2D eigenvalue weighted by Gasteiger charge is 2.61. The lowest BCUT2D eigenvalue weighted by Gasteiger charge is -2.57. The van der Waals surface area contributed by atoms with Crippen molar-refractivity contribution in [1.29, 1.82) is 0 Å². The molecule has 0 amide bonds. The van der Waals surface area contributed by atoms with Crippen LogP contribution >= 0.6 is 15.9 Å². The third kappa shape index (κ3) is 3.69. The lowest BCUT2D eigenvalue weighted by Crippen LogP contribution is -2.65. The fourth-order valence-electron chi connectivity index (χ4n) is 3.73. The van der Waals surface area contributed by atoms with Gasteiger partial charge >= 0.3 is 0 Å². The second-order valence-electron chi connectivity index (χ2n) is 10.5. The Balaban J connectivity index is 2.26. The van der Waals surface area contributed by atoms with E-state index in [1.807, 2.05) is 0 Å². The van der Waals surface area contributed by atoms with E-state index in [4.69, 9.17) is 9.16 Å². The topological polar surface area (TPSA) is 35.5 Å². The number of ketones is 1. The zero-order chi connectivity index (χ0) is 18.7. The minimum Gasteiger partial charge on any atom is -0.413 e. The average Bonchev–Trinajstić information content (AvgIpc) is 2.35. The van der Waals surface area contributed by atoms with Crippen LogP contribution in [0.3, 0.4) is 0 Å². The molecule has 24 heavy (non-hydrogen) atoms. The molecule has 3 fully saturated rings. The molecule has 3 aliphatic carbocycles. The van der Waals surface area contributed by atoms with Crippen molar-refractivity contribution in [3.05, 3.63) is 0 Å². The third-order valence-corrected chi connectivity index (χ3v) is 12.2. The van der Waals surface area contributed by atoms with Gasteiger partial charge in [-0.3, -0.25) is 4.79 Å². The number of hydrogen-bond donors (Lipinski definition) is 0. The standard InChI is InChI=1S/C19H35BrO3Si/c1-17(2,3)22-14-10-12-13(23-24(8,9)18(4,5)6)11-19(14,7)16(20)15(12)21/h12-14,16H,10-11H2,1-9H3/t12-,13+,14+,16+,19-/m1/s1. The molecule has 140 valence electrons. The summed E-state index contributed by atoms with van der Waals surface area (Å²) in [6.07, 6.45) is 1.82. The zero-order valence-electron chi connectivity index (χ0n) is 16.8. The number of carbonyl (C=O) groups is 1. The van der Waals surface area contributed by atoms with Gasteiger partial charge < -0.3 is 9.16 Å². The lowest BCUT2D eigenvalue weighted by atomic mass is 9.58. The predicted octanol–water partition coefficient (Wildman–Crippen LogP) is 5.32. The Kier molecular flexibility index (Phi) is 5.30. The maximum absolute atomic E-state index is 12.9. The summed E-state index contributed by atoms with van der Waals surface area (Å²) in [6, 6.07) is 0. The van der Waals surface area contributed by atoms with Crippen LogP contribution in [-0.2, 0) is 14.0 Å². The molecule has 2 bridgehead atoms. The number of hydrogen-bond acceptors (Lipinski definition) is 3. The smallest absolute Gasteiger partial charge is 0.192 e. The van der Waals surface area contributed by atoms with Crippen LogP contribution < -0.4 is 0 Å². The van der Waals surface area contributed by atoms with E-state index in [0.717, 1.165) is 12.8 Å². The largest absolute Gasteiger partial charge is 0.413 e. The first kappa shape index (κ1) is 20.6. The molecule has 0 aromatic heterocycles. The quantitative estimate of drug-likeness (QED) is 0.459. The van der Waals surface area contributed by atoms with E-state index < -0.39 is 8.32 Å². The van der Waals surface area contributed by atoms with E-state index in [-0.39, 0.29) is 39.0 Å². The van der Waals surface area contributed by atoms with Gasteiger partial charge in [-0.15, -0.1) is 0 Å². The maximum Gasteiger partial charge on any atom is 0.192 e. The molecule has 5 heteroatoms. The predicted molar refractivity (Wildman–Crippen MR) is 105 cm³/mol. The van der Waals surface area contributed by atoms with E-state index >= 15 is 0 Å².